The summed E-state index contributed by atoms with van der Waals surface area (Å²) in [5.74, 6) is -0.845. The summed E-state index contributed by atoms with van der Waals surface area (Å²) >= 11 is 0. The number of rotatable bonds is 69. The molecule has 0 saturated carbocycles. The van der Waals surface area contributed by atoms with Gasteiger partial charge in [-0.25, -0.2) is 4.57 Å². The molecule has 0 aliphatic rings. The van der Waals surface area contributed by atoms with Crippen molar-refractivity contribution in [2.24, 2.45) is 5.73 Å². The van der Waals surface area contributed by atoms with Gasteiger partial charge in [0.2, 0.25) is 0 Å². The number of hydrogen-bond donors (Lipinski definition) is 2. The standard InChI is InChI=1S/C85H138NO8P/c1-3-5-7-9-11-13-15-17-19-21-23-25-27-29-31-33-35-37-39-40-41-42-44-45-47-49-51-53-55-57-59-61-63-65-67-69-71-73-75-77-84(87)91-81-83(82-93-95(89,90)92-80-79-86)94-85(88)78-76-74-72-70-68-66-64-62-60-58-56-54-52-50-48-46-43-38-36-34-32-30-28-26-24-22-20-18-16-14-12-10-8-6-4-2/h5-8,11-14,17-20,23-26,29-32,35-38,40-41,46,48,52,54,58,60,83H,3-4,9-10,15-16,21-22,27-28,33-34,39,42-45,47,49-51,53,55-57,59,61-82,86H2,1-2H3,(H,89,90)/b7-5-,8-6-,13-11-,14-12-,19-17-,20-18-,25-23-,26-24-,31-29-,32-30-,37-35-,38-36-,41-40-,48-46-,54-52-,60-58-. The predicted octanol–water partition coefficient (Wildman–Crippen LogP) is 25.6. The van der Waals surface area contributed by atoms with Gasteiger partial charge in [0.1, 0.15) is 6.61 Å². The number of phosphoric acid groups is 1. The summed E-state index contributed by atoms with van der Waals surface area (Å²) in [5, 5.41) is 0. The molecule has 0 amide bonds. The molecule has 95 heavy (non-hydrogen) atoms. The van der Waals surface area contributed by atoms with Gasteiger partial charge in [0.15, 0.2) is 6.10 Å². The summed E-state index contributed by atoms with van der Waals surface area (Å²) in [7, 11) is -4.41. The number of nitrogens with two attached hydrogens (primary N) is 1. The number of carbonyl (C=O) groups excluding carboxylic acids is 2. The first kappa shape index (κ1) is 89.8. The number of esters is 2. The fraction of sp³-hybridized carbons (Fsp3) is 0.600. The van der Waals surface area contributed by atoms with Gasteiger partial charge in [0.05, 0.1) is 13.2 Å². The number of phosphoric ester groups is 1. The van der Waals surface area contributed by atoms with Crippen molar-refractivity contribution in [3.05, 3.63) is 194 Å². The van der Waals surface area contributed by atoms with Crippen molar-refractivity contribution in [1.29, 1.82) is 0 Å². The van der Waals surface area contributed by atoms with Crippen molar-refractivity contribution in [3.8, 4) is 0 Å². The Balaban J connectivity index is 3.93. The topological polar surface area (TPSA) is 134 Å². The molecular formula is C85H138NO8P. The highest BCUT2D eigenvalue weighted by atomic mass is 31.2. The van der Waals surface area contributed by atoms with Gasteiger partial charge in [-0.2, -0.15) is 0 Å². The van der Waals surface area contributed by atoms with Crippen LogP contribution in [0.5, 0.6) is 0 Å². The zero-order valence-corrected chi connectivity index (χ0v) is 61.2. The Labute approximate surface area is 583 Å². The Morgan fingerprint density at radius 3 is 0.811 bits per heavy atom. The molecule has 0 aliphatic heterocycles. The molecule has 536 valence electrons. The molecule has 10 heteroatoms. The van der Waals surface area contributed by atoms with E-state index in [1.54, 1.807) is 0 Å². The summed E-state index contributed by atoms with van der Waals surface area (Å²) in [5.41, 5.74) is 5.41. The van der Waals surface area contributed by atoms with Crippen molar-refractivity contribution in [1.82, 2.24) is 0 Å². The second kappa shape index (κ2) is 77.9. The van der Waals surface area contributed by atoms with Crippen molar-refractivity contribution in [2.75, 3.05) is 26.4 Å². The van der Waals surface area contributed by atoms with Crippen molar-refractivity contribution in [3.63, 3.8) is 0 Å². The van der Waals surface area contributed by atoms with Crippen LogP contribution in [0.3, 0.4) is 0 Å². The Hall–Kier alpha value is -5.15. The lowest BCUT2D eigenvalue weighted by molar-refractivity contribution is -0.161. The lowest BCUT2D eigenvalue weighted by Gasteiger charge is -2.19. The molecule has 2 atom stereocenters. The fourth-order valence-corrected chi connectivity index (χ4v) is 10.7. The van der Waals surface area contributed by atoms with E-state index in [9.17, 15) is 19.0 Å². The van der Waals surface area contributed by atoms with Crippen LogP contribution in [-0.4, -0.2) is 49.3 Å². The SMILES string of the molecule is CC/C=C\C/C=C\C/C=C\C/C=C\C/C=C\C/C=C\C/C=C\C/C=C\C/C=C\CCCCCCCCCC(=O)OC(COC(=O)CCCCCCCCCCCCCCCCCCC/C=C\C/C=C\C/C=C\C/C=C\C/C=C\C/C=C\C/C=C\CC)COP(=O)(O)OCCN. The summed E-state index contributed by atoms with van der Waals surface area (Å²) in [4.78, 5) is 35.4. The smallest absolute Gasteiger partial charge is 0.462 e. The number of allylic oxidation sites excluding steroid dienone is 32. The first-order valence-corrected chi connectivity index (χ1v) is 39.4. The van der Waals surface area contributed by atoms with E-state index in [0.29, 0.717) is 6.42 Å². The van der Waals surface area contributed by atoms with Crippen LogP contribution in [0.4, 0.5) is 0 Å². The summed E-state index contributed by atoms with van der Waals surface area (Å²) in [6.45, 7) is 3.50. The molecule has 9 nitrogen and oxygen atoms in total. The number of hydrogen-bond acceptors (Lipinski definition) is 8. The maximum Gasteiger partial charge on any atom is 0.472 e. The quantitative estimate of drug-likeness (QED) is 0.0264. The monoisotopic (exact) mass is 1330 g/mol. The molecule has 0 heterocycles. The molecule has 0 aromatic carbocycles. The van der Waals surface area contributed by atoms with Crippen LogP contribution >= 0.6 is 7.82 Å². The van der Waals surface area contributed by atoms with Gasteiger partial charge in [0.25, 0.3) is 0 Å². The van der Waals surface area contributed by atoms with Crippen LogP contribution in [0.15, 0.2) is 194 Å². The van der Waals surface area contributed by atoms with Gasteiger partial charge >= 0.3 is 19.8 Å². The van der Waals surface area contributed by atoms with E-state index in [4.69, 9.17) is 24.3 Å². The first-order chi connectivity index (χ1) is 46.8. The number of carbonyl (C=O) groups is 2. The van der Waals surface area contributed by atoms with Crippen LogP contribution in [0.1, 0.15) is 296 Å². The molecule has 0 spiro atoms. The average Bonchev–Trinajstić information content (AvgIpc) is 3.32. The van der Waals surface area contributed by atoms with Crippen molar-refractivity contribution < 1.29 is 37.6 Å². The molecule has 0 radical (unpaired) electrons. The molecule has 3 N–H and O–H groups in total. The average molecular weight is 1330 g/mol. The first-order valence-electron chi connectivity index (χ1n) is 37.9. The van der Waals surface area contributed by atoms with E-state index in [-0.39, 0.29) is 38.6 Å². The molecule has 0 rings (SSSR count). The Morgan fingerprint density at radius 2 is 0.547 bits per heavy atom. The number of unbranched alkanes of at least 4 members (excludes halogenated alkanes) is 24. The minimum absolute atomic E-state index is 0.0431. The van der Waals surface area contributed by atoms with Gasteiger partial charge < -0.3 is 20.1 Å². The third-order valence-electron chi connectivity index (χ3n) is 15.5. The second-order valence-electron chi connectivity index (χ2n) is 24.4. The molecule has 0 fully saturated rings. The van der Waals surface area contributed by atoms with E-state index in [1.165, 1.54) is 109 Å². The number of ether oxygens (including phenoxy) is 2. The Kier molecular flexibility index (Phi) is 73.6. The van der Waals surface area contributed by atoms with Crippen molar-refractivity contribution >= 4 is 19.8 Å². The van der Waals surface area contributed by atoms with Crippen LogP contribution in [0, 0.1) is 0 Å². The normalized spacial score (nSPS) is 14.0. The molecule has 0 aromatic rings. The third-order valence-corrected chi connectivity index (χ3v) is 16.5. The highest BCUT2D eigenvalue weighted by Gasteiger charge is 2.26. The maximum atomic E-state index is 12.8. The van der Waals surface area contributed by atoms with E-state index in [1.807, 2.05) is 0 Å². The van der Waals surface area contributed by atoms with Gasteiger partial charge in [-0.1, -0.05) is 337 Å². The maximum absolute atomic E-state index is 12.8. The van der Waals surface area contributed by atoms with Gasteiger partial charge in [0, 0.05) is 19.4 Å². The third kappa shape index (κ3) is 77.7. The predicted molar refractivity (Wildman–Crippen MR) is 412 cm³/mol. The van der Waals surface area contributed by atoms with Crippen LogP contribution in [-0.2, 0) is 32.7 Å². The van der Waals surface area contributed by atoms with E-state index >= 15 is 0 Å². The molecule has 0 saturated heterocycles. The zero-order chi connectivity index (χ0) is 68.6. The minimum Gasteiger partial charge on any atom is -0.462 e. The Morgan fingerprint density at radius 1 is 0.316 bits per heavy atom. The fourth-order valence-electron chi connectivity index (χ4n) is 9.96. The van der Waals surface area contributed by atoms with Crippen molar-refractivity contribution in [2.45, 2.75) is 302 Å². The molecule has 2 unspecified atom stereocenters. The second-order valence-corrected chi connectivity index (χ2v) is 25.9. The van der Waals surface area contributed by atoms with E-state index in [2.05, 4.69) is 208 Å². The van der Waals surface area contributed by atoms with Gasteiger partial charge in [-0.15, -0.1) is 0 Å². The largest absolute Gasteiger partial charge is 0.472 e. The van der Waals surface area contributed by atoms with E-state index in [0.717, 1.165) is 154 Å². The zero-order valence-electron chi connectivity index (χ0n) is 60.3. The molecule has 0 bridgehead atoms. The summed E-state index contributed by atoms with van der Waals surface area (Å²) in [6, 6.07) is 0. The molecule has 0 aromatic heterocycles. The molecule has 0 aliphatic carbocycles. The van der Waals surface area contributed by atoms with Crippen LogP contribution < -0.4 is 5.73 Å². The lowest BCUT2D eigenvalue weighted by Crippen LogP contribution is -2.29. The van der Waals surface area contributed by atoms with E-state index < -0.39 is 26.5 Å². The summed E-state index contributed by atoms with van der Waals surface area (Å²) < 4.78 is 33.2. The minimum atomic E-state index is -4.41. The van der Waals surface area contributed by atoms with Crippen LogP contribution in [0.25, 0.3) is 0 Å². The summed E-state index contributed by atoms with van der Waals surface area (Å²) in [6.07, 6.45) is 118. The van der Waals surface area contributed by atoms with Gasteiger partial charge in [-0.3, -0.25) is 18.6 Å². The van der Waals surface area contributed by atoms with Crippen LogP contribution in [0.2, 0.25) is 0 Å². The highest BCUT2D eigenvalue weighted by Crippen LogP contribution is 2.43. The Bertz CT molecular complexity index is 2270. The highest BCUT2D eigenvalue weighted by molar-refractivity contribution is 7.47. The lowest BCUT2D eigenvalue weighted by atomic mass is 10.0. The molecular weight excluding hydrogens is 1190 g/mol. The van der Waals surface area contributed by atoms with Gasteiger partial charge in [-0.05, 0) is 141 Å².